The van der Waals surface area contributed by atoms with Crippen LogP contribution in [0.15, 0.2) is 12.7 Å². The van der Waals surface area contributed by atoms with Crippen LogP contribution in [0.2, 0.25) is 0 Å². The minimum atomic E-state index is -0.981. The van der Waals surface area contributed by atoms with Crippen molar-refractivity contribution in [3.63, 3.8) is 0 Å². The van der Waals surface area contributed by atoms with Crippen LogP contribution in [0.25, 0.3) is 0 Å². The summed E-state index contributed by atoms with van der Waals surface area (Å²) in [5, 5.41) is 55.6. The number of carboxylic acid groups (broad SMARTS) is 1. The lowest BCUT2D eigenvalue weighted by Gasteiger charge is -1.96. The number of aliphatic hydroxyl groups is 6. The highest BCUT2D eigenvalue weighted by Crippen LogP contribution is 1.72. The van der Waals surface area contributed by atoms with E-state index in [1.807, 2.05) is 0 Å². The highest BCUT2D eigenvalue weighted by Gasteiger charge is 1.94. The molecule has 7 N–H and O–H groups in total. The van der Waals surface area contributed by atoms with Gasteiger partial charge in [-0.2, -0.15) is 0 Å². The summed E-state index contributed by atoms with van der Waals surface area (Å²) in [6, 6.07) is 0. The fourth-order valence-electron chi connectivity index (χ4n) is 0.115. The minimum absolute atomic E-state index is 0.365. The number of hydrogen-bond acceptors (Lipinski definition) is 7. The van der Waals surface area contributed by atoms with Crippen LogP contribution in [0.3, 0.4) is 0 Å². The van der Waals surface area contributed by atoms with Gasteiger partial charge in [-0.05, 0) is 0 Å². The standard InChI is InChI=1S/2C3H8O3.C3H4O2/c2*4-1-3(6)2-5;1-2-3(4)5/h2*3-6H,1-2H2;2H,1H2,(H,4,5). The van der Waals surface area contributed by atoms with Crippen LogP contribution in [0, 0.1) is 0 Å². The van der Waals surface area contributed by atoms with Crippen molar-refractivity contribution >= 4 is 5.97 Å². The minimum Gasteiger partial charge on any atom is -0.478 e. The second kappa shape index (κ2) is 17.4. The first-order chi connectivity index (χ1) is 7.89. The second-order valence-corrected chi connectivity index (χ2v) is 2.58. The van der Waals surface area contributed by atoms with Gasteiger partial charge in [0.2, 0.25) is 0 Å². The van der Waals surface area contributed by atoms with Crippen LogP contribution in [-0.4, -0.2) is 80.4 Å². The molecule has 0 aromatic rings. The number of carboxylic acids is 1. The van der Waals surface area contributed by atoms with Gasteiger partial charge in [-0.3, -0.25) is 0 Å². The largest absolute Gasteiger partial charge is 0.478 e. The molecule has 0 bridgehead atoms. The maximum Gasteiger partial charge on any atom is 0.327 e. The predicted octanol–water partition coefficient (Wildman–Crippen LogP) is -3.08. The zero-order valence-corrected chi connectivity index (χ0v) is 9.31. The van der Waals surface area contributed by atoms with Gasteiger partial charge in [0, 0.05) is 6.08 Å². The Morgan fingerprint density at radius 2 is 1.12 bits per heavy atom. The molecule has 0 aromatic carbocycles. The predicted molar refractivity (Wildman–Crippen MR) is 58.2 cm³/mol. The molecule has 0 radical (unpaired) electrons. The highest BCUT2D eigenvalue weighted by molar-refractivity contribution is 5.78. The second-order valence-electron chi connectivity index (χ2n) is 2.58. The molecule has 0 aromatic heterocycles. The third-order valence-corrected chi connectivity index (χ3v) is 1.02. The molecule has 0 atom stereocenters. The number of aliphatic hydroxyl groups excluding tert-OH is 6. The molecule has 8 heteroatoms. The van der Waals surface area contributed by atoms with E-state index >= 15 is 0 Å². The summed E-state index contributed by atoms with van der Waals surface area (Å²) in [6.07, 6.45) is -1.07. The number of hydrogen-bond donors (Lipinski definition) is 7. The van der Waals surface area contributed by atoms with E-state index < -0.39 is 18.2 Å². The molecule has 0 amide bonds. The molecule has 0 spiro atoms. The molecule has 0 aliphatic carbocycles. The summed E-state index contributed by atoms with van der Waals surface area (Å²) >= 11 is 0. The smallest absolute Gasteiger partial charge is 0.327 e. The van der Waals surface area contributed by atoms with E-state index in [9.17, 15) is 4.79 Å². The summed E-state index contributed by atoms with van der Waals surface area (Å²) in [6.45, 7) is 1.50. The first-order valence-corrected chi connectivity index (χ1v) is 4.54. The van der Waals surface area contributed by atoms with Crippen LogP contribution in [0.1, 0.15) is 0 Å². The highest BCUT2D eigenvalue weighted by atomic mass is 16.4. The normalized spacial score (nSPS) is 8.94. The summed E-state index contributed by atoms with van der Waals surface area (Å²) in [4.78, 5) is 9.25. The van der Waals surface area contributed by atoms with Crippen molar-refractivity contribution in [3.05, 3.63) is 12.7 Å². The van der Waals surface area contributed by atoms with Gasteiger partial charge in [0.1, 0.15) is 12.2 Å². The Kier molecular flexibility index (Phi) is 21.7. The number of aliphatic carboxylic acids is 1. The van der Waals surface area contributed by atoms with Gasteiger partial charge < -0.3 is 35.7 Å². The van der Waals surface area contributed by atoms with E-state index in [4.69, 9.17) is 35.7 Å². The van der Waals surface area contributed by atoms with E-state index in [0.29, 0.717) is 0 Å². The topological polar surface area (TPSA) is 159 Å². The number of rotatable bonds is 5. The van der Waals surface area contributed by atoms with Crippen LogP contribution in [0.4, 0.5) is 0 Å². The molecule has 0 heterocycles. The van der Waals surface area contributed by atoms with Crippen molar-refractivity contribution in [2.75, 3.05) is 26.4 Å². The fraction of sp³-hybridized carbons (Fsp3) is 0.667. The Morgan fingerprint density at radius 3 is 1.12 bits per heavy atom. The monoisotopic (exact) mass is 256 g/mol. The molecule has 0 aliphatic rings. The lowest BCUT2D eigenvalue weighted by molar-refractivity contribution is -0.131. The molecule has 0 fully saturated rings. The third kappa shape index (κ3) is 31.3. The molecule has 0 unspecified atom stereocenters. The first-order valence-electron chi connectivity index (χ1n) is 4.54. The van der Waals surface area contributed by atoms with Gasteiger partial charge >= 0.3 is 5.97 Å². The lowest BCUT2D eigenvalue weighted by Crippen LogP contribution is -2.15. The molecule has 0 saturated carbocycles. The van der Waals surface area contributed by atoms with Crippen molar-refractivity contribution in [2.45, 2.75) is 12.2 Å². The molecule has 0 saturated heterocycles. The van der Waals surface area contributed by atoms with Crippen LogP contribution in [-0.2, 0) is 4.79 Å². The van der Waals surface area contributed by atoms with Crippen LogP contribution >= 0.6 is 0 Å². The average Bonchev–Trinajstić information content (AvgIpc) is 2.37. The molecule has 0 aliphatic heterocycles. The Morgan fingerprint density at radius 1 is 0.941 bits per heavy atom. The molecule has 0 rings (SSSR count). The van der Waals surface area contributed by atoms with E-state index in [-0.39, 0.29) is 26.4 Å². The van der Waals surface area contributed by atoms with Gasteiger partial charge in [-0.1, -0.05) is 6.58 Å². The van der Waals surface area contributed by atoms with Crippen molar-refractivity contribution in [2.24, 2.45) is 0 Å². The molecule has 17 heavy (non-hydrogen) atoms. The Balaban J connectivity index is -0.000000174. The van der Waals surface area contributed by atoms with E-state index in [1.165, 1.54) is 0 Å². The van der Waals surface area contributed by atoms with E-state index in [2.05, 4.69) is 6.58 Å². The average molecular weight is 256 g/mol. The summed E-state index contributed by atoms with van der Waals surface area (Å²) in [7, 11) is 0. The van der Waals surface area contributed by atoms with Gasteiger partial charge in [0.25, 0.3) is 0 Å². The van der Waals surface area contributed by atoms with Gasteiger partial charge in [0.15, 0.2) is 0 Å². The summed E-state index contributed by atoms with van der Waals surface area (Å²) < 4.78 is 0. The van der Waals surface area contributed by atoms with E-state index in [0.717, 1.165) is 6.08 Å². The molecule has 8 nitrogen and oxygen atoms in total. The number of carbonyl (C=O) groups is 1. The summed E-state index contributed by atoms with van der Waals surface area (Å²) in [5.41, 5.74) is 0. The first kappa shape index (κ1) is 21.3. The van der Waals surface area contributed by atoms with Crippen molar-refractivity contribution in [3.8, 4) is 0 Å². The van der Waals surface area contributed by atoms with Crippen LogP contribution in [0.5, 0.6) is 0 Å². The van der Waals surface area contributed by atoms with Crippen molar-refractivity contribution in [1.82, 2.24) is 0 Å². The molecule has 104 valence electrons. The SMILES string of the molecule is C=CC(=O)O.OCC(O)CO.OCC(O)CO. The zero-order chi connectivity index (χ0) is 14.3. The molecular formula is C9H20O8. The Labute approximate surface area is 98.7 Å². The Hall–Kier alpha value is -1.03. The zero-order valence-electron chi connectivity index (χ0n) is 9.31. The van der Waals surface area contributed by atoms with Crippen LogP contribution < -0.4 is 0 Å². The molecular weight excluding hydrogens is 236 g/mol. The quantitative estimate of drug-likeness (QED) is 0.255. The Bertz CT molecular complexity index is 154. The van der Waals surface area contributed by atoms with Gasteiger partial charge in [0.05, 0.1) is 26.4 Å². The van der Waals surface area contributed by atoms with E-state index in [1.54, 1.807) is 0 Å². The van der Waals surface area contributed by atoms with Gasteiger partial charge in [-0.15, -0.1) is 0 Å². The lowest BCUT2D eigenvalue weighted by atomic mass is 10.4. The fourth-order valence-corrected chi connectivity index (χ4v) is 0.115. The van der Waals surface area contributed by atoms with Gasteiger partial charge in [-0.25, -0.2) is 4.79 Å². The third-order valence-electron chi connectivity index (χ3n) is 1.02. The maximum atomic E-state index is 9.25. The van der Waals surface area contributed by atoms with Crippen molar-refractivity contribution in [1.29, 1.82) is 0 Å². The summed E-state index contributed by atoms with van der Waals surface area (Å²) in [5.74, 6) is -0.981. The maximum absolute atomic E-state index is 9.25. The van der Waals surface area contributed by atoms with Crippen molar-refractivity contribution < 1.29 is 40.5 Å².